The van der Waals surface area contributed by atoms with Crippen molar-refractivity contribution in [1.82, 2.24) is 10.3 Å². The van der Waals surface area contributed by atoms with Gasteiger partial charge in [0, 0.05) is 34.7 Å². The monoisotopic (exact) mass is 317 g/mol. The lowest BCUT2D eigenvalue weighted by Gasteiger charge is -2.11. The lowest BCUT2D eigenvalue weighted by atomic mass is 10.1. The highest BCUT2D eigenvalue weighted by molar-refractivity contribution is 9.10. The van der Waals surface area contributed by atoms with Crippen molar-refractivity contribution in [3.8, 4) is 0 Å². The molecule has 1 unspecified atom stereocenters. The Balaban J connectivity index is 1.79. The number of hydrogen-bond donors (Lipinski definition) is 2. The van der Waals surface area contributed by atoms with Crippen molar-refractivity contribution in [3.63, 3.8) is 0 Å². The maximum Gasteiger partial charge on any atom is 0.246 e. The Bertz CT molecular complexity index is 615. The smallest absolute Gasteiger partial charge is 0.246 e. The Morgan fingerprint density at radius 2 is 2.05 bits per heavy atom. The van der Waals surface area contributed by atoms with E-state index in [-0.39, 0.29) is 11.9 Å². The topological polar surface area (TPSA) is 54.0 Å². The lowest BCUT2D eigenvalue weighted by Crippen LogP contribution is -2.27. The van der Waals surface area contributed by atoms with Gasteiger partial charge in [0.2, 0.25) is 5.91 Å². The molecule has 1 amide bonds. The van der Waals surface area contributed by atoms with E-state index in [2.05, 4.69) is 31.5 Å². The summed E-state index contributed by atoms with van der Waals surface area (Å²) in [5.41, 5.74) is 2.96. The molecule has 19 heavy (non-hydrogen) atoms. The van der Waals surface area contributed by atoms with Crippen LogP contribution in [-0.2, 0) is 11.3 Å². The number of benzene rings is 1. The Morgan fingerprint density at radius 1 is 1.26 bits per heavy atom. The minimum absolute atomic E-state index is 0.0119. The van der Waals surface area contributed by atoms with Gasteiger partial charge in [0.25, 0.3) is 0 Å². The molecule has 1 aromatic heterocycles. The number of carbonyl (C=O) groups is 1. The Morgan fingerprint density at radius 3 is 2.84 bits per heavy atom. The van der Waals surface area contributed by atoms with Gasteiger partial charge in [-0.3, -0.25) is 15.1 Å². The van der Waals surface area contributed by atoms with Gasteiger partial charge >= 0.3 is 0 Å². The van der Waals surface area contributed by atoms with E-state index >= 15 is 0 Å². The number of nitrogens with one attached hydrogen (secondary N) is 2. The van der Waals surface area contributed by atoms with E-state index in [9.17, 15) is 4.79 Å². The van der Waals surface area contributed by atoms with Crippen molar-refractivity contribution in [2.24, 2.45) is 0 Å². The van der Waals surface area contributed by atoms with E-state index in [1.807, 2.05) is 30.3 Å². The van der Waals surface area contributed by atoms with Crippen LogP contribution in [0, 0.1) is 0 Å². The molecule has 0 bridgehead atoms. The molecule has 1 aliphatic rings. The molecule has 0 saturated carbocycles. The van der Waals surface area contributed by atoms with E-state index in [0.717, 1.165) is 21.3 Å². The predicted octanol–water partition coefficient (Wildman–Crippen LogP) is 2.63. The third-order valence-electron chi connectivity index (χ3n) is 3.10. The standard InChI is InChI=1S/C14H12BrN3O/c15-10-1-2-12-11(7-10)13(14(19)18-12)17-8-9-3-5-16-6-4-9/h1-7,13,17H,8H2,(H,18,19). The summed E-state index contributed by atoms with van der Waals surface area (Å²) < 4.78 is 0.971. The molecule has 96 valence electrons. The third-order valence-corrected chi connectivity index (χ3v) is 3.60. The van der Waals surface area contributed by atoms with Crippen LogP contribution < -0.4 is 10.6 Å². The Hall–Kier alpha value is -1.72. The first-order valence-corrected chi connectivity index (χ1v) is 6.76. The highest BCUT2D eigenvalue weighted by Crippen LogP contribution is 2.33. The van der Waals surface area contributed by atoms with Gasteiger partial charge in [-0.2, -0.15) is 0 Å². The number of anilines is 1. The lowest BCUT2D eigenvalue weighted by molar-refractivity contribution is -0.117. The van der Waals surface area contributed by atoms with Crippen LogP contribution in [0.15, 0.2) is 47.2 Å². The predicted molar refractivity (Wildman–Crippen MR) is 76.6 cm³/mol. The molecule has 2 aromatic rings. The van der Waals surface area contributed by atoms with Gasteiger partial charge in [0.05, 0.1) is 0 Å². The minimum atomic E-state index is -0.305. The third kappa shape index (κ3) is 2.52. The van der Waals surface area contributed by atoms with Gasteiger partial charge in [-0.25, -0.2) is 0 Å². The number of carbonyl (C=O) groups excluding carboxylic acids is 1. The van der Waals surface area contributed by atoms with Crippen LogP contribution in [0.1, 0.15) is 17.2 Å². The molecule has 1 aromatic carbocycles. The molecule has 2 N–H and O–H groups in total. The van der Waals surface area contributed by atoms with Crippen LogP contribution in [0.25, 0.3) is 0 Å². The number of pyridine rings is 1. The average molecular weight is 318 g/mol. The van der Waals surface area contributed by atoms with E-state index in [0.29, 0.717) is 6.54 Å². The SMILES string of the molecule is O=C1Nc2ccc(Br)cc2C1NCc1ccncc1. The van der Waals surface area contributed by atoms with Crippen molar-refractivity contribution in [2.75, 3.05) is 5.32 Å². The summed E-state index contributed by atoms with van der Waals surface area (Å²) in [5, 5.41) is 6.15. The molecule has 0 fully saturated rings. The fourth-order valence-electron chi connectivity index (χ4n) is 2.16. The second-order valence-electron chi connectivity index (χ2n) is 4.39. The second-order valence-corrected chi connectivity index (χ2v) is 5.31. The summed E-state index contributed by atoms with van der Waals surface area (Å²) >= 11 is 3.43. The number of halogens is 1. The van der Waals surface area contributed by atoms with E-state index in [1.54, 1.807) is 12.4 Å². The van der Waals surface area contributed by atoms with Crippen LogP contribution in [0.2, 0.25) is 0 Å². The summed E-state index contributed by atoms with van der Waals surface area (Å²) in [6.07, 6.45) is 3.49. The summed E-state index contributed by atoms with van der Waals surface area (Å²) in [6.45, 7) is 0.632. The van der Waals surface area contributed by atoms with Gasteiger partial charge < -0.3 is 5.32 Å². The summed E-state index contributed by atoms with van der Waals surface area (Å²) in [6, 6.07) is 9.36. The number of amides is 1. The number of fused-ring (bicyclic) bond motifs is 1. The van der Waals surface area contributed by atoms with Crippen molar-refractivity contribution in [2.45, 2.75) is 12.6 Å². The normalized spacial score (nSPS) is 17.1. The summed E-state index contributed by atoms with van der Waals surface area (Å²) in [4.78, 5) is 15.9. The van der Waals surface area contributed by atoms with Crippen molar-refractivity contribution < 1.29 is 4.79 Å². The van der Waals surface area contributed by atoms with Crippen LogP contribution in [0.3, 0.4) is 0 Å². The van der Waals surface area contributed by atoms with Crippen LogP contribution in [0.5, 0.6) is 0 Å². The number of hydrogen-bond acceptors (Lipinski definition) is 3. The first-order valence-electron chi connectivity index (χ1n) is 5.96. The first kappa shape index (κ1) is 12.3. The number of rotatable bonds is 3. The number of nitrogens with zero attached hydrogens (tertiary/aromatic N) is 1. The second kappa shape index (κ2) is 5.11. The summed E-state index contributed by atoms with van der Waals surface area (Å²) in [5.74, 6) is -0.0119. The molecule has 3 rings (SSSR count). The van der Waals surface area contributed by atoms with E-state index < -0.39 is 0 Å². The molecular weight excluding hydrogens is 306 g/mol. The van der Waals surface area contributed by atoms with E-state index in [4.69, 9.17) is 0 Å². The van der Waals surface area contributed by atoms with Gasteiger partial charge in [0.1, 0.15) is 6.04 Å². The van der Waals surface area contributed by atoms with Crippen molar-refractivity contribution >= 4 is 27.5 Å². The van der Waals surface area contributed by atoms with Gasteiger partial charge in [-0.1, -0.05) is 15.9 Å². The summed E-state index contributed by atoms with van der Waals surface area (Å²) in [7, 11) is 0. The zero-order valence-corrected chi connectivity index (χ0v) is 11.6. The quantitative estimate of drug-likeness (QED) is 0.915. The van der Waals surface area contributed by atoms with Crippen molar-refractivity contribution in [3.05, 3.63) is 58.3 Å². The highest BCUT2D eigenvalue weighted by atomic mass is 79.9. The molecule has 5 heteroatoms. The van der Waals surface area contributed by atoms with Gasteiger partial charge in [0.15, 0.2) is 0 Å². The number of aromatic nitrogens is 1. The first-order chi connectivity index (χ1) is 9.24. The molecular formula is C14H12BrN3O. The zero-order chi connectivity index (χ0) is 13.2. The van der Waals surface area contributed by atoms with Crippen LogP contribution >= 0.6 is 15.9 Å². The molecule has 4 nitrogen and oxygen atoms in total. The Labute approximate surface area is 119 Å². The largest absolute Gasteiger partial charge is 0.324 e. The zero-order valence-electron chi connectivity index (χ0n) is 10.1. The molecule has 0 spiro atoms. The average Bonchev–Trinajstić information content (AvgIpc) is 2.73. The Kier molecular flexibility index (Phi) is 3.31. The molecule has 0 radical (unpaired) electrons. The molecule has 0 aliphatic carbocycles. The molecule has 2 heterocycles. The molecule has 1 atom stereocenters. The maximum atomic E-state index is 12.0. The van der Waals surface area contributed by atoms with Gasteiger partial charge in [-0.05, 0) is 35.9 Å². The highest BCUT2D eigenvalue weighted by Gasteiger charge is 2.29. The fraction of sp³-hybridized carbons (Fsp3) is 0.143. The fourth-order valence-corrected chi connectivity index (χ4v) is 2.53. The molecule has 1 aliphatic heterocycles. The molecule has 0 saturated heterocycles. The minimum Gasteiger partial charge on any atom is -0.324 e. The van der Waals surface area contributed by atoms with E-state index in [1.165, 1.54) is 0 Å². The van der Waals surface area contributed by atoms with Crippen LogP contribution in [-0.4, -0.2) is 10.9 Å². The van der Waals surface area contributed by atoms with Gasteiger partial charge in [-0.15, -0.1) is 0 Å². The van der Waals surface area contributed by atoms with Crippen molar-refractivity contribution in [1.29, 1.82) is 0 Å². The van der Waals surface area contributed by atoms with Crippen LogP contribution in [0.4, 0.5) is 5.69 Å². The maximum absolute atomic E-state index is 12.0.